The molecule has 5 nitrogen and oxygen atoms in total. The standard InChI is InChI=1S/C8H8F3N5/c9-8(10,11)7-6(5-14-15-7)3-1-2-4-13-16-12/h1,3,5H,2,4H2,(H,14,15). The van der Waals surface area contributed by atoms with Crippen molar-refractivity contribution >= 4 is 6.08 Å². The number of aromatic amines is 1. The van der Waals surface area contributed by atoms with Crippen LogP contribution in [0.3, 0.4) is 0 Å². The average Bonchev–Trinajstić information content (AvgIpc) is 2.65. The molecule has 1 aromatic rings. The molecular weight excluding hydrogens is 223 g/mol. The zero-order chi connectivity index (χ0) is 12.0. The molecule has 86 valence electrons. The van der Waals surface area contributed by atoms with Crippen LogP contribution in [-0.4, -0.2) is 16.7 Å². The molecule has 0 aliphatic rings. The van der Waals surface area contributed by atoms with Crippen molar-refractivity contribution in [2.75, 3.05) is 6.54 Å². The Balaban J connectivity index is 2.67. The number of nitrogens with one attached hydrogen (secondary N) is 1. The number of hydrogen-bond acceptors (Lipinski definition) is 2. The first-order valence-electron chi connectivity index (χ1n) is 4.33. The van der Waals surface area contributed by atoms with Crippen molar-refractivity contribution in [2.24, 2.45) is 5.11 Å². The van der Waals surface area contributed by atoms with Crippen molar-refractivity contribution in [3.8, 4) is 0 Å². The number of alkyl halides is 3. The molecule has 8 heteroatoms. The van der Waals surface area contributed by atoms with Crippen molar-refractivity contribution in [3.63, 3.8) is 0 Å². The number of H-pyrrole nitrogens is 1. The Hall–Kier alpha value is -1.95. The molecule has 0 aliphatic carbocycles. The Labute approximate surface area is 88.6 Å². The number of halogens is 3. The Morgan fingerprint density at radius 3 is 2.94 bits per heavy atom. The molecule has 0 aromatic carbocycles. The highest BCUT2D eigenvalue weighted by Gasteiger charge is 2.34. The predicted octanol–water partition coefficient (Wildman–Crippen LogP) is 3.14. The summed E-state index contributed by atoms with van der Waals surface area (Å²) in [6.07, 6.45) is -0.186. The topological polar surface area (TPSA) is 77.4 Å². The van der Waals surface area contributed by atoms with Gasteiger partial charge in [-0.15, -0.1) is 0 Å². The van der Waals surface area contributed by atoms with E-state index in [1.54, 1.807) is 0 Å². The minimum absolute atomic E-state index is 0.0339. The fourth-order valence-corrected chi connectivity index (χ4v) is 1.04. The third kappa shape index (κ3) is 3.32. The van der Waals surface area contributed by atoms with Crippen LogP contribution in [0.5, 0.6) is 0 Å². The third-order valence-electron chi connectivity index (χ3n) is 1.71. The van der Waals surface area contributed by atoms with Crippen LogP contribution in [0, 0.1) is 0 Å². The number of aromatic nitrogens is 2. The van der Waals surface area contributed by atoms with Crippen molar-refractivity contribution in [1.82, 2.24) is 10.2 Å². The van der Waals surface area contributed by atoms with Crippen LogP contribution in [0.25, 0.3) is 16.5 Å². The molecule has 0 unspecified atom stereocenters. The van der Waals surface area contributed by atoms with E-state index in [9.17, 15) is 13.2 Å². The second-order valence-corrected chi connectivity index (χ2v) is 2.84. The predicted molar refractivity (Wildman–Crippen MR) is 51.3 cm³/mol. The average molecular weight is 231 g/mol. The maximum Gasteiger partial charge on any atom is 0.433 e. The molecule has 0 atom stereocenters. The quantitative estimate of drug-likeness (QED) is 0.367. The fraction of sp³-hybridized carbons (Fsp3) is 0.375. The maximum atomic E-state index is 12.3. The van der Waals surface area contributed by atoms with Crippen LogP contribution in [0.2, 0.25) is 0 Å². The van der Waals surface area contributed by atoms with Gasteiger partial charge >= 0.3 is 6.18 Å². The van der Waals surface area contributed by atoms with E-state index in [1.807, 2.05) is 5.10 Å². The van der Waals surface area contributed by atoms with E-state index in [1.165, 1.54) is 12.2 Å². The molecule has 0 amide bonds. The van der Waals surface area contributed by atoms with Crippen LogP contribution in [0.15, 0.2) is 17.4 Å². The zero-order valence-electron chi connectivity index (χ0n) is 8.07. The summed E-state index contributed by atoms with van der Waals surface area (Å²) in [6, 6.07) is 0. The second kappa shape index (κ2) is 5.22. The Morgan fingerprint density at radius 1 is 1.56 bits per heavy atom. The van der Waals surface area contributed by atoms with Gasteiger partial charge in [-0.2, -0.15) is 18.3 Å². The minimum Gasteiger partial charge on any atom is -0.273 e. The summed E-state index contributed by atoms with van der Waals surface area (Å²) in [7, 11) is 0. The smallest absolute Gasteiger partial charge is 0.273 e. The number of rotatable bonds is 4. The molecular formula is C8H8F3N5. The lowest BCUT2D eigenvalue weighted by molar-refractivity contribution is -0.141. The van der Waals surface area contributed by atoms with E-state index in [-0.39, 0.29) is 12.1 Å². The number of hydrogen-bond donors (Lipinski definition) is 1. The van der Waals surface area contributed by atoms with E-state index in [0.717, 1.165) is 6.20 Å². The van der Waals surface area contributed by atoms with E-state index in [4.69, 9.17) is 5.53 Å². The Kier molecular flexibility index (Phi) is 3.96. The SMILES string of the molecule is [N-]=[N+]=NCCC=Cc1cn[nH]c1C(F)(F)F. The molecule has 0 saturated heterocycles. The first kappa shape index (κ1) is 12.1. The summed E-state index contributed by atoms with van der Waals surface area (Å²) in [6.45, 7) is 0.214. The summed E-state index contributed by atoms with van der Waals surface area (Å²) in [5.74, 6) is 0. The van der Waals surface area contributed by atoms with Gasteiger partial charge in [0.25, 0.3) is 0 Å². The molecule has 1 rings (SSSR count). The Morgan fingerprint density at radius 2 is 2.31 bits per heavy atom. The molecule has 0 saturated carbocycles. The van der Waals surface area contributed by atoms with Crippen LogP contribution >= 0.6 is 0 Å². The van der Waals surface area contributed by atoms with Gasteiger partial charge in [-0.3, -0.25) is 5.10 Å². The van der Waals surface area contributed by atoms with Crippen molar-refractivity contribution in [2.45, 2.75) is 12.6 Å². The van der Waals surface area contributed by atoms with Gasteiger partial charge in [-0.1, -0.05) is 17.3 Å². The summed E-state index contributed by atoms with van der Waals surface area (Å²) in [4.78, 5) is 2.52. The summed E-state index contributed by atoms with van der Waals surface area (Å²) < 4.78 is 37.0. The molecule has 1 N–H and O–H groups in total. The van der Waals surface area contributed by atoms with E-state index in [2.05, 4.69) is 15.1 Å². The fourth-order valence-electron chi connectivity index (χ4n) is 1.04. The highest BCUT2D eigenvalue weighted by molar-refractivity contribution is 5.51. The Bertz CT molecular complexity index is 414. The van der Waals surface area contributed by atoms with Crippen LogP contribution in [-0.2, 0) is 6.18 Å². The second-order valence-electron chi connectivity index (χ2n) is 2.84. The molecule has 0 aliphatic heterocycles. The minimum atomic E-state index is -4.44. The first-order valence-corrected chi connectivity index (χ1v) is 4.33. The summed E-state index contributed by atoms with van der Waals surface area (Å²) in [5.41, 5.74) is 7.06. The largest absolute Gasteiger partial charge is 0.433 e. The summed E-state index contributed by atoms with van der Waals surface area (Å²) in [5, 5.41) is 8.46. The van der Waals surface area contributed by atoms with Crippen molar-refractivity contribution in [1.29, 1.82) is 0 Å². The highest BCUT2D eigenvalue weighted by Crippen LogP contribution is 2.30. The molecule has 0 fully saturated rings. The molecule has 1 heterocycles. The highest BCUT2D eigenvalue weighted by atomic mass is 19.4. The van der Waals surface area contributed by atoms with Gasteiger partial charge in [0, 0.05) is 17.0 Å². The lowest BCUT2D eigenvalue weighted by Crippen LogP contribution is -2.07. The number of nitrogens with zero attached hydrogens (tertiary/aromatic N) is 4. The van der Waals surface area contributed by atoms with Gasteiger partial charge < -0.3 is 0 Å². The normalized spacial score (nSPS) is 11.7. The van der Waals surface area contributed by atoms with Crippen LogP contribution in [0.4, 0.5) is 13.2 Å². The van der Waals surface area contributed by atoms with Gasteiger partial charge in [-0.05, 0) is 12.0 Å². The third-order valence-corrected chi connectivity index (χ3v) is 1.71. The molecule has 0 bridgehead atoms. The van der Waals surface area contributed by atoms with Gasteiger partial charge in [0.2, 0.25) is 0 Å². The first-order chi connectivity index (χ1) is 7.55. The zero-order valence-corrected chi connectivity index (χ0v) is 8.07. The lowest BCUT2D eigenvalue weighted by Gasteiger charge is -2.03. The van der Waals surface area contributed by atoms with Gasteiger partial charge in [0.1, 0.15) is 5.69 Å². The van der Waals surface area contributed by atoms with Crippen molar-refractivity contribution in [3.05, 3.63) is 34.0 Å². The molecule has 0 radical (unpaired) electrons. The van der Waals surface area contributed by atoms with Crippen molar-refractivity contribution < 1.29 is 13.2 Å². The number of azide groups is 1. The maximum absolute atomic E-state index is 12.3. The van der Waals surface area contributed by atoms with Gasteiger partial charge in [0.05, 0.1) is 6.20 Å². The van der Waals surface area contributed by atoms with E-state index < -0.39 is 11.9 Å². The molecule has 1 aromatic heterocycles. The monoisotopic (exact) mass is 231 g/mol. The molecule has 0 spiro atoms. The van der Waals surface area contributed by atoms with Gasteiger partial charge in [-0.25, -0.2) is 0 Å². The van der Waals surface area contributed by atoms with E-state index in [0.29, 0.717) is 6.42 Å². The molecule has 16 heavy (non-hydrogen) atoms. The lowest BCUT2D eigenvalue weighted by atomic mass is 10.2. The van der Waals surface area contributed by atoms with E-state index >= 15 is 0 Å². The van der Waals surface area contributed by atoms with Crippen LogP contribution in [0.1, 0.15) is 17.7 Å². The van der Waals surface area contributed by atoms with Crippen LogP contribution < -0.4 is 0 Å². The van der Waals surface area contributed by atoms with Gasteiger partial charge in [0.15, 0.2) is 0 Å². The summed E-state index contributed by atoms with van der Waals surface area (Å²) >= 11 is 0.